The van der Waals surface area contributed by atoms with E-state index >= 15 is 4.39 Å². The molecule has 0 radical (unpaired) electrons. The first-order valence-corrected chi connectivity index (χ1v) is 11.7. The molecule has 190 valence electrons. The van der Waals surface area contributed by atoms with Crippen LogP contribution in [0.15, 0.2) is 91.4 Å². The molecule has 3 N–H and O–H groups in total. The number of carbonyl (C=O) groups excluding carboxylic acids is 2. The summed E-state index contributed by atoms with van der Waals surface area (Å²) in [5.74, 6) is -3.68. The predicted octanol–water partition coefficient (Wildman–Crippen LogP) is 5.63. The molecule has 38 heavy (non-hydrogen) atoms. The van der Waals surface area contributed by atoms with Gasteiger partial charge in [0.25, 0.3) is 5.91 Å². The molecular formula is C29H21F3N4O2. The molecule has 2 amide bonds. The van der Waals surface area contributed by atoms with Crippen molar-refractivity contribution in [2.24, 2.45) is 0 Å². The molecule has 6 nitrogen and oxygen atoms in total. The molecule has 5 rings (SSSR count). The number of fused-ring (bicyclic) bond motifs is 1. The van der Waals surface area contributed by atoms with E-state index in [9.17, 15) is 18.4 Å². The monoisotopic (exact) mass is 514 g/mol. The van der Waals surface area contributed by atoms with Gasteiger partial charge in [0.1, 0.15) is 23.5 Å². The minimum atomic E-state index is -1.06. The maximum Gasteiger partial charge on any atom is 0.254 e. The van der Waals surface area contributed by atoms with Gasteiger partial charge in [0.15, 0.2) is 0 Å². The average molecular weight is 515 g/mol. The van der Waals surface area contributed by atoms with Crippen LogP contribution in [0.25, 0.3) is 22.0 Å². The van der Waals surface area contributed by atoms with E-state index in [1.54, 1.807) is 18.3 Å². The molecule has 0 aliphatic rings. The van der Waals surface area contributed by atoms with E-state index in [-0.39, 0.29) is 23.1 Å². The Balaban J connectivity index is 1.42. The Morgan fingerprint density at radius 1 is 0.895 bits per heavy atom. The Labute approximate surface area is 215 Å². The molecule has 0 spiro atoms. The van der Waals surface area contributed by atoms with E-state index in [1.807, 2.05) is 24.3 Å². The normalized spacial score (nSPS) is 11.8. The van der Waals surface area contributed by atoms with Gasteiger partial charge in [-0.2, -0.15) is 0 Å². The van der Waals surface area contributed by atoms with Crippen LogP contribution in [0.3, 0.4) is 0 Å². The molecule has 0 unspecified atom stereocenters. The summed E-state index contributed by atoms with van der Waals surface area (Å²) < 4.78 is 42.8. The van der Waals surface area contributed by atoms with Crippen molar-refractivity contribution in [1.82, 2.24) is 15.3 Å². The minimum Gasteiger partial charge on any atom is -0.361 e. The zero-order valence-corrected chi connectivity index (χ0v) is 19.8. The Morgan fingerprint density at radius 3 is 2.47 bits per heavy atom. The van der Waals surface area contributed by atoms with Gasteiger partial charge in [0.2, 0.25) is 5.91 Å². The van der Waals surface area contributed by atoms with Crippen LogP contribution in [0.5, 0.6) is 0 Å². The predicted molar refractivity (Wildman–Crippen MR) is 138 cm³/mol. The third kappa shape index (κ3) is 5.27. The molecular weight excluding hydrogens is 493 g/mol. The van der Waals surface area contributed by atoms with Crippen LogP contribution in [0.1, 0.15) is 15.9 Å². The van der Waals surface area contributed by atoms with Gasteiger partial charge in [-0.25, -0.2) is 13.2 Å². The van der Waals surface area contributed by atoms with Crippen molar-refractivity contribution < 1.29 is 22.8 Å². The average Bonchev–Trinajstić information content (AvgIpc) is 3.33. The number of aromatic amines is 1. The molecule has 0 aliphatic heterocycles. The number of nitrogens with one attached hydrogen (secondary N) is 3. The van der Waals surface area contributed by atoms with Crippen molar-refractivity contribution in [1.29, 1.82) is 0 Å². The zero-order chi connectivity index (χ0) is 26.6. The fourth-order valence-corrected chi connectivity index (χ4v) is 4.22. The lowest BCUT2D eigenvalue weighted by molar-refractivity contribution is -0.118. The highest BCUT2D eigenvalue weighted by Crippen LogP contribution is 2.26. The number of anilines is 1. The highest BCUT2D eigenvalue weighted by molar-refractivity contribution is 6.02. The van der Waals surface area contributed by atoms with E-state index in [4.69, 9.17) is 0 Å². The van der Waals surface area contributed by atoms with Crippen molar-refractivity contribution in [3.63, 3.8) is 0 Å². The number of carbonyl (C=O) groups is 2. The van der Waals surface area contributed by atoms with E-state index in [0.29, 0.717) is 5.69 Å². The Bertz CT molecular complexity index is 1640. The molecule has 1 atom stereocenters. The second-order valence-electron chi connectivity index (χ2n) is 8.63. The number of rotatable bonds is 7. The second kappa shape index (κ2) is 10.6. The molecule has 0 aliphatic carbocycles. The highest BCUT2D eigenvalue weighted by atomic mass is 19.1. The lowest BCUT2D eigenvalue weighted by Crippen LogP contribution is -2.45. The van der Waals surface area contributed by atoms with E-state index < -0.39 is 35.3 Å². The Morgan fingerprint density at radius 2 is 1.68 bits per heavy atom. The number of H-pyrrole nitrogens is 1. The number of pyridine rings is 1. The molecule has 9 heteroatoms. The first-order valence-electron chi connectivity index (χ1n) is 11.7. The van der Waals surface area contributed by atoms with Crippen molar-refractivity contribution >= 4 is 28.4 Å². The van der Waals surface area contributed by atoms with Crippen molar-refractivity contribution in [2.45, 2.75) is 12.5 Å². The largest absolute Gasteiger partial charge is 0.361 e. The van der Waals surface area contributed by atoms with E-state index in [2.05, 4.69) is 20.6 Å². The molecule has 0 fully saturated rings. The second-order valence-corrected chi connectivity index (χ2v) is 8.63. The van der Waals surface area contributed by atoms with Gasteiger partial charge in [-0.05, 0) is 59.7 Å². The van der Waals surface area contributed by atoms with Gasteiger partial charge < -0.3 is 15.6 Å². The summed E-state index contributed by atoms with van der Waals surface area (Å²) in [6, 6.07) is 16.0. The lowest BCUT2D eigenvalue weighted by Gasteiger charge is -2.19. The van der Waals surface area contributed by atoms with E-state index in [1.165, 1.54) is 24.5 Å². The quantitative estimate of drug-likeness (QED) is 0.263. The number of hydrogen-bond acceptors (Lipinski definition) is 3. The van der Waals surface area contributed by atoms with Gasteiger partial charge in [0.05, 0.1) is 5.56 Å². The highest BCUT2D eigenvalue weighted by Gasteiger charge is 2.25. The summed E-state index contributed by atoms with van der Waals surface area (Å²) in [4.78, 5) is 33.4. The third-order valence-corrected chi connectivity index (χ3v) is 6.12. The molecule has 0 saturated heterocycles. The molecule has 5 aromatic rings. The lowest BCUT2D eigenvalue weighted by atomic mass is 10.0. The van der Waals surface area contributed by atoms with Gasteiger partial charge in [-0.1, -0.05) is 24.3 Å². The fourth-order valence-electron chi connectivity index (χ4n) is 4.22. The third-order valence-electron chi connectivity index (χ3n) is 6.12. The summed E-state index contributed by atoms with van der Waals surface area (Å²) >= 11 is 0. The van der Waals surface area contributed by atoms with Gasteiger partial charge in [-0.3, -0.25) is 14.6 Å². The SMILES string of the molecule is O=C(N[C@@H](Cc1c[nH]c2ccccc12)C(=O)Nc1ccncc1)c1ccc(-c2cc(F)ccc2F)cc1F. The van der Waals surface area contributed by atoms with Crippen molar-refractivity contribution in [2.75, 3.05) is 5.32 Å². The standard InChI is InChI=1S/C29H21F3N4O2/c30-19-6-8-24(31)23(15-19)17-5-7-22(25(32)13-17)28(37)36-27(29(38)35-20-9-11-33-12-10-20)14-18-16-34-26-4-2-1-3-21(18)26/h1-13,15-16,27,34H,14H2,(H,36,37)(H,33,35,38)/t27-/m0/s1. The Hall–Kier alpha value is -4.92. The minimum absolute atomic E-state index is 0.0711. The maximum atomic E-state index is 15.0. The number of benzene rings is 3. The summed E-state index contributed by atoms with van der Waals surface area (Å²) in [7, 11) is 0. The van der Waals surface area contributed by atoms with Crippen LogP contribution in [0.2, 0.25) is 0 Å². The van der Waals surface area contributed by atoms with Crippen LogP contribution in [-0.2, 0) is 11.2 Å². The fraction of sp³-hybridized carbons (Fsp3) is 0.0690. The topological polar surface area (TPSA) is 86.9 Å². The number of para-hydroxylation sites is 1. The molecule has 3 aromatic carbocycles. The van der Waals surface area contributed by atoms with Gasteiger partial charge >= 0.3 is 0 Å². The van der Waals surface area contributed by atoms with Crippen LogP contribution in [0.4, 0.5) is 18.9 Å². The summed E-state index contributed by atoms with van der Waals surface area (Å²) in [6.07, 6.45) is 4.91. The maximum absolute atomic E-state index is 15.0. The summed E-state index contributed by atoms with van der Waals surface area (Å²) in [5.41, 5.74) is 1.73. The summed E-state index contributed by atoms with van der Waals surface area (Å²) in [6.45, 7) is 0. The first-order chi connectivity index (χ1) is 18.4. The number of amides is 2. The number of hydrogen-bond donors (Lipinski definition) is 3. The zero-order valence-electron chi connectivity index (χ0n) is 19.8. The smallest absolute Gasteiger partial charge is 0.254 e. The molecule has 0 bridgehead atoms. The molecule has 0 saturated carbocycles. The van der Waals surface area contributed by atoms with Crippen LogP contribution < -0.4 is 10.6 Å². The molecule has 2 heterocycles. The summed E-state index contributed by atoms with van der Waals surface area (Å²) in [5, 5.41) is 6.25. The number of aromatic nitrogens is 2. The van der Waals surface area contributed by atoms with Crippen LogP contribution in [0, 0.1) is 17.5 Å². The Kier molecular flexibility index (Phi) is 6.90. The first kappa shape index (κ1) is 24.8. The number of nitrogens with zero attached hydrogens (tertiary/aromatic N) is 1. The van der Waals surface area contributed by atoms with E-state index in [0.717, 1.165) is 40.7 Å². The van der Waals surface area contributed by atoms with Crippen molar-refractivity contribution in [3.05, 3.63) is 120 Å². The van der Waals surface area contributed by atoms with Gasteiger partial charge in [0, 0.05) is 47.2 Å². The molecule has 2 aromatic heterocycles. The van der Waals surface area contributed by atoms with Crippen molar-refractivity contribution in [3.8, 4) is 11.1 Å². The van der Waals surface area contributed by atoms with Crippen LogP contribution in [-0.4, -0.2) is 27.8 Å². The number of halogens is 3. The van der Waals surface area contributed by atoms with Crippen LogP contribution >= 0.6 is 0 Å². The van der Waals surface area contributed by atoms with Gasteiger partial charge in [-0.15, -0.1) is 0 Å².